The number of carboxylic acids is 1. The van der Waals surface area contributed by atoms with E-state index in [1.165, 1.54) is 6.20 Å². The first kappa shape index (κ1) is 19.6. The Balaban J connectivity index is 1.97. The first-order valence-corrected chi connectivity index (χ1v) is 8.89. The summed E-state index contributed by atoms with van der Waals surface area (Å²) in [4.78, 5) is 21.9. The van der Waals surface area contributed by atoms with Crippen LogP contribution in [0.15, 0.2) is 59.7 Å². The maximum absolute atomic E-state index is 11.8. The van der Waals surface area contributed by atoms with Gasteiger partial charge in [0.25, 0.3) is 0 Å². The van der Waals surface area contributed by atoms with Gasteiger partial charge in [0, 0.05) is 23.5 Å². The van der Waals surface area contributed by atoms with Gasteiger partial charge in [0.05, 0.1) is 5.02 Å². The standard InChI is InChI=1S/C20H20ClN5O2/c1-26(17(19(27)28)13-5-3-2-4-6-13)11-12-7-8-14-15(9-12)18(25-20(22)23)24-10-16(14)21/h2-10,17H,11H2,1H3,(H,27,28)(H4,22,23,24,25)/t17-/m0/s1. The average molecular weight is 398 g/mol. The number of carbonyl (C=O) groups is 1. The van der Waals surface area contributed by atoms with E-state index in [9.17, 15) is 9.90 Å². The van der Waals surface area contributed by atoms with Crippen LogP contribution >= 0.6 is 11.6 Å². The van der Waals surface area contributed by atoms with Gasteiger partial charge in [0.2, 0.25) is 0 Å². The van der Waals surface area contributed by atoms with Gasteiger partial charge in [0.1, 0.15) is 6.04 Å². The van der Waals surface area contributed by atoms with Gasteiger partial charge in [0.15, 0.2) is 11.8 Å². The molecular weight excluding hydrogens is 378 g/mol. The number of nitrogens with two attached hydrogens (primary N) is 2. The van der Waals surface area contributed by atoms with Gasteiger partial charge in [-0.1, -0.05) is 54.1 Å². The van der Waals surface area contributed by atoms with Crippen LogP contribution in [0.25, 0.3) is 10.8 Å². The summed E-state index contributed by atoms with van der Waals surface area (Å²) in [7, 11) is 1.77. The molecule has 0 amide bonds. The number of carboxylic acid groups (broad SMARTS) is 1. The molecule has 7 nitrogen and oxygen atoms in total. The quantitative estimate of drug-likeness (QED) is 0.434. The number of rotatable bonds is 6. The van der Waals surface area contributed by atoms with Gasteiger partial charge in [-0.15, -0.1) is 0 Å². The Bertz CT molecular complexity index is 1040. The van der Waals surface area contributed by atoms with Gasteiger partial charge in [-0.3, -0.25) is 9.69 Å². The van der Waals surface area contributed by atoms with Crippen molar-refractivity contribution in [2.45, 2.75) is 12.6 Å². The molecule has 0 fully saturated rings. The lowest BCUT2D eigenvalue weighted by Crippen LogP contribution is -2.30. The second-order valence-corrected chi connectivity index (χ2v) is 6.82. The summed E-state index contributed by atoms with van der Waals surface area (Å²) in [5.74, 6) is -0.657. The molecule has 1 heterocycles. The molecule has 0 saturated carbocycles. The number of guanidine groups is 1. The van der Waals surface area contributed by atoms with Crippen molar-refractivity contribution in [1.82, 2.24) is 9.88 Å². The summed E-state index contributed by atoms with van der Waals surface area (Å²) in [6.07, 6.45) is 1.49. The van der Waals surface area contributed by atoms with Gasteiger partial charge < -0.3 is 16.6 Å². The normalized spacial score (nSPS) is 12.1. The molecule has 0 saturated heterocycles. The maximum atomic E-state index is 11.8. The summed E-state index contributed by atoms with van der Waals surface area (Å²) in [6.45, 7) is 0.398. The number of halogens is 1. The minimum absolute atomic E-state index is 0.103. The molecule has 0 aliphatic heterocycles. The highest BCUT2D eigenvalue weighted by Gasteiger charge is 2.24. The number of fused-ring (bicyclic) bond motifs is 1. The number of hydrogen-bond donors (Lipinski definition) is 3. The predicted molar refractivity (Wildman–Crippen MR) is 111 cm³/mol. The van der Waals surface area contributed by atoms with Gasteiger partial charge in [-0.2, -0.15) is 4.99 Å². The number of pyridine rings is 1. The number of benzene rings is 2. The van der Waals surface area contributed by atoms with Crippen LogP contribution in [0.1, 0.15) is 17.2 Å². The van der Waals surface area contributed by atoms with Crippen LogP contribution in [0.2, 0.25) is 5.02 Å². The van der Waals surface area contributed by atoms with E-state index in [1.54, 1.807) is 24.1 Å². The van der Waals surface area contributed by atoms with E-state index in [2.05, 4.69) is 9.98 Å². The van der Waals surface area contributed by atoms with Crippen molar-refractivity contribution in [3.63, 3.8) is 0 Å². The van der Waals surface area contributed by atoms with E-state index in [4.69, 9.17) is 23.1 Å². The molecule has 0 aliphatic carbocycles. The van der Waals surface area contributed by atoms with E-state index in [0.717, 1.165) is 10.9 Å². The number of likely N-dealkylation sites (N-methyl/N-ethyl adjacent to an activating group) is 1. The van der Waals surface area contributed by atoms with E-state index < -0.39 is 12.0 Å². The number of aliphatic imine (C=N–C) groups is 1. The molecule has 144 valence electrons. The Kier molecular flexibility index (Phi) is 5.77. The minimum Gasteiger partial charge on any atom is -0.480 e. The number of aromatic nitrogens is 1. The molecule has 28 heavy (non-hydrogen) atoms. The SMILES string of the molecule is CN(Cc1ccc2c(Cl)cnc(N=C(N)N)c2c1)[C@H](C(=O)O)c1ccccc1. The van der Waals surface area contributed by atoms with Crippen LogP contribution in [0.5, 0.6) is 0 Å². The highest BCUT2D eigenvalue weighted by Crippen LogP contribution is 2.31. The van der Waals surface area contributed by atoms with E-state index in [1.807, 2.05) is 36.4 Å². The molecule has 3 aromatic rings. The highest BCUT2D eigenvalue weighted by atomic mass is 35.5. The van der Waals surface area contributed by atoms with Crippen LogP contribution in [0.3, 0.4) is 0 Å². The molecular formula is C20H20ClN5O2. The molecule has 0 bridgehead atoms. The molecule has 8 heteroatoms. The number of nitrogens with zero attached hydrogens (tertiary/aromatic N) is 3. The smallest absolute Gasteiger partial charge is 0.325 e. The molecule has 1 atom stereocenters. The maximum Gasteiger partial charge on any atom is 0.325 e. The van der Waals surface area contributed by atoms with Crippen molar-refractivity contribution < 1.29 is 9.90 Å². The third-order valence-electron chi connectivity index (χ3n) is 4.34. The monoisotopic (exact) mass is 397 g/mol. The topological polar surface area (TPSA) is 118 Å². The van der Waals surface area contributed by atoms with Crippen molar-refractivity contribution >= 4 is 40.1 Å². The fourth-order valence-electron chi connectivity index (χ4n) is 3.15. The van der Waals surface area contributed by atoms with E-state index >= 15 is 0 Å². The third kappa shape index (κ3) is 4.21. The minimum atomic E-state index is -0.916. The molecule has 1 aromatic heterocycles. The Morgan fingerprint density at radius 3 is 2.57 bits per heavy atom. The molecule has 0 unspecified atom stereocenters. The first-order chi connectivity index (χ1) is 13.4. The fraction of sp³-hybridized carbons (Fsp3) is 0.150. The lowest BCUT2D eigenvalue weighted by Gasteiger charge is -2.25. The van der Waals surface area contributed by atoms with E-state index in [0.29, 0.717) is 28.3 Å². The summed E-state index contributed by atoms with van der Waals surface area (Å²) >= 11 is 6.23. The van der Waals surface area contributed by atoms with Crippen molar-refractivity contribution in [2.75, 3.05) is 7.05 Å². The number of hydrogen-bond acceptors (Lipinski definition) is 4. The second-order valence-electron chi connectivity index (χ2n) is 6.41. The Morgan fingerprint density at radius 2 is 1.93 bits per heavy atom. The summed E-state index contributed by atoms with van der Waals surface area (Å²) in [5, 5.41) is 11.7. The zero-order chi connectivity index (χ0) is 20.3. The van der Waals surface area contributed by atoms with Crippen LogP contribution in [-0.2, 0) is 11.3 Å². The highest BCUT2D eigenvalue weighted by molar-refractivity contribution is 6.35. The van der Waals surface area contributed by atoms with Crippen LogP contribution in [-0.4, -0.2) is 34.0 Å². The Labute approximate surface area is 167 Å². The molecule has 0 radical (unpaired) electrons. The van der Waals surface area contributed by atoms with Crippen molar-refractivity contribution in [2.24, 2.45) is 16.5 Å². The molecule has 5 N–H and O–H groups in total. The zero-order valence-electron chi connectivity index (χ0n) is 15.2. The second kappa shape index (κ2) is 8.24. The number of aliphatic carboxylic acids is 1. The van der Waals surface area contributed by atoms with Crippen LogP contribution in [0, 0.1) is 0 Å². The average Bonchev–Trinajstić information content (AvgIpc) is 2.64. The fourth-order valence-corrected chi connectivity index (χ4v) is 3.37. The molecule has 3 rings (SSSR count). The van der Waals surface area contributed by atoms with Crippen LogP contribution in [0.4, 0.5) is 5.82 Å². The lowest BCUT2D eigenvalue weighted by atomic mass is 10.0. The van der Waals surface area contributed by atoms with Gasteiger partial charge >= 0.3 is 5.97 Å². The summed E-state index contributed by atoms with van der Waals surface area (Å²) in [6, 6.07) is 14.0. The largest absolute Gasteiger partial charge is 0.480 e. The Morgan fingerprint density at radius 1 is 1.21 bits per heavy atom. The molecule has 0 aliphatic rings. The van der Waals surface area contributed by atoms with Crippen molar-refractivity contribution in [1.29, 1.82) is 0 Å². The Hall–Kier alpha value is -3.16. The molecule has 2 aromatic carbocycles. The van der Waals surface area contributed by atoms with Crippen molar-refractivity contribution in [3.05, 3.63) is 70.9 Å². The first-order valence-electron chi connectivity index (χ1n) is 8.51. The zero-order valence-corrected chi connectivity index (χ0v) is 16.0. The van der Waals surface area contributed by atoms with E-state index in [-0.39, 0.29) is 5.96 Å². The van der Waals surface area contributed by atoms with Crippen LogP contribution < -0.4 is 11.5 Å². The summed E-state index contributed by atoms with van der Waals surface area (Å²) < 4.78 is 0. The molecule has 0 spiro atoms. The summed E-state index contributed by atoms with van der Waals surface area (Å²) in [5.41, 5.74) is 12.6. The third-order valence-corrected chi connectivity index (χ3v) is 4.64. The predicted octanol–water partition coefficient (Wildman–Crippen LogP) is 3.05. The van der Waals surface area contributed by atoms with Crippen molar-refractivity contribution in [3.8, 4) is 0 Å². The lowest BCUT2D eigenvalue weighted by molar-refractivity contribution is -0.143. The van der Waals surface area contributed by atoms with Gasteiger partial charge in [-0.25, -0.2) is 4.98 Å². The van der Waals surface area contributed by atoms with Gasteiger partial charge in [-0.05, 0) is 24.2 Å².